The van der Waals surface area contributed by atoms with Crippen LogP contribution in [0.15, 0.2) is 24.3 Å². The summed E-state index contributed by atoms with van der Waals surface area (Å²) in [6.07, 6.45) is 5.13. The maximum atomic E-state index is 11.9. The van der Waals surface area contributed by atoms with E-state index in [0.29, 0.717) is 12.4 Å². The van der Waals surface area contributed by atoms with Crippen LogP contribution in [0, 0.1) is 0 Å². The first-order chi connectivity index (χ1) is 10.4. The number of benzene rings is 1. The van der Waals surface area contributed by atoms with Crippen LogP contribution in [0.1, 0.15) is 46.1 Å². The van der Waals surface area contributed by atoms with E-state index in [1.807, 2.05) is 39.0 Å². The molecule has 1 N–H and O–H groups in total. The fraction of sp³-hybridized carbons (Fsp3) is 0.500. The smallest absolute Gasteiger partial charge is 0.244 e. The number of hydrogen-bond donors (Lipinski definition) is 1. The number of hydrogen-bond acceptors (Lipinski definition) is 3. The minimum atomic E-state index is -0.197. The number of carbonyl (C=O) groups is 1. The summed E-state index contributed by atoms with van der Waals surface area (Å²) >= 11 is 0. The van der Waals surface area contributed by atoms with Gasteiger partial charge in [-0.05, 0) is 50.5 Å². The van der Waals surface area contributed by atoms with Crippen LogP contribution in [0.25, 0.3) is 6.08 Å². The van der Waals surface area contributed by atoms with Crippen molar-refractivity contribution in [3.05, 3.63) is 29.8 Å². The average molecular weight is 305 g/mol. The van der Waals surface area contributed by atoms with Gasteiger partial charge in [0.15, 0.2) is 11.5 Å². The van der Waals surface area contributed by atoms with E-state index in [4.69, 9.17) is 9.47 Å². The van der Waals surface area contributed by atoms with Gasteiger partial charge in [0.05, 0.1) is 13.7 Å². The largest absolute Gasteiger partial charge is 0.493 e. The Kier molecular flexibility index (Phi) is 6.96. The minimum absolute atomic E-state index is 0.0999. The van der Waals surface area contributed by atoms with E-state index in [1.165, 1.54) is 0 Å². The summed E-state index contributed by atoms with van der Waals surface area (Å²) < 4.78 is 10.9. The molecule has 0 bridgehead atoms. The van der Waals surface area contributed by atoms with Crippen LogP contribution in [0.4, 0.5) is 0 Å². The summed E-state index contributed by atoms with van der Waals surface area (Å²) in [5.74, 6) is 1.29. The van der Waals surface area contributed by atoms with Crippen molar-refractivity contribution in [2.75, 3.05) is 13.7 Å². The maximum absolute atomic E-state index is 11.9. The lowest BCUT2D eigenvalue weighted by Crippen LogP contribution is -2.41. The van der Waals surface area contributed by atoms with Crippen molar-refractivity contribution in [1.82, 2.24) is 5.32 Å². The Balaban J connectivity index is 2.77. The van der Waals surface area contributed by atoms with Gasteiger partial charge in [-0.2, -0.15) is 0 Å². The highest BCUT2D eigenvalue weighted by atomic mass is 16.5. The van der Waals surface area contributed by atoms with Crippen molar-refractivity contribution in [3.63, 3.8) is 0 Å². The van der Waals surface area contributed by atoms with Gasteiger partial charge in [0.2, 0.25) is 5.91 Å². The maximum Gasteiger partial charge on any atom is 0.244 e. The number of ether oxygens (including phenoxy) is 2. The Morgan fingerprint density at radius 3 is 2.59 bits per heavy atom. The summed E-state index contributed by atoms with van der Waals surface area (Å²) in [4.78, 5) is 11.9. The number of rotatable bonds is 8. The van der Waals surface area contributed by atoms with Gasteiger partial charge in [-0.25, -0.2) is 0 Å². The molecule has 1 aromatic rings. The van der Waals surface area contributed by atoms with Crippen molar-refractivity contribution < 1.29 is 14.3 Å². The van der Waals surface area contributed by atoms with Crippen LogP contribution in [-0.2, 0) is 4.79 Å². The zero-order valence-corrected chi connectivity index (χ0v) is 14.2. The Bertz CT molecular complexity index is 521. The highest BCUT2D eigenvalue weighted by Crippen LogP contribution is 2.28. The van der Waals surface area contributed by atoms with E-state index < -0.39 is 0 Å². The minimum Gasteiger partial charge on any atom is -0.493 e. The van der Waals surface area contributed by atoms with Crippen LogP contribution in [0.2, 0.25) is 0 Å². The standard InChI is InChI=1S/C18H27NO3/c1-6-12-22-15-10-8-14(13-16(15)21-5)9-11-17(20)19-18(3,4)7-2/h8-11,13H,6-7,12H2,1-5H3,(H,19,20)/b11-9+. The third-order valence-electron chi connectivity index (χ3n) is 3.42. The molecule has 0 spiro atoms. The molecule has 1 rings (SSSR count). The predicted octanol–water partition coefficient (Wildman–Crippen LogP) is 3.80. The Morgan fingerprint density at radius 1 is 1.27 bits per heavy atom. The molecule has 4 nitrogen and oxygen atoms in total. The Labute approximate surface area is 133 Å². The molecule has 1 amide bonds. The molecule has 1 aromatic carbocycles. The van der Waals surface area contributed by atoms with Gasteiger partial charge >= 0.3 is 0 Å². The molecule has 0 saturated heterocycles. The second-order valence-corrected chi connectivity index (χ2v) is 5.82. The summed E-state index contributed by atoms with van der Waals surface area (Å²) in [6, 6.07) is 5.63. The highest BCUT2D eigenvalue weighted by Gasteiger charge is 2.15. The molecule has 0 radical (unpaired) electrons. The summed E-state index contributed by atoms with van der Waals surface area (Å²) in [5.41, 5.74) is 0.696. The number of nitrogens with one attached hydrogen (secondary N) is 1. The highest BCUT2D eigenvalue weighted by molar-refractivity contribution is 5.92. The molecular weight excluding hydrogens is 278 g/mol. The van der Waals surface area contributed by atoms with Crippen molar-refractivity contribution in [1.29, 1.82) is 0 Å². The molecule has 122 valence electrons. The van der Waals surface area contributed by atoms with Crippen LogP contribution < -0.4 is 14.8 Å². The molecule has 0 aliphatic rings. The van der Waals surface area contributed by atoms with E-state index in [2.05, 4.69) is 12.2 Å². The quantitative estimate of drug-likeness (QED) is 0.743. The molecule has 0 aromatic heterocycles. The normalized spacial score (nSPS) is 11.5. The lowest BCUT2D eigenvalue weighted by atomic mass is 10.0. The number of carbonyl (C=O) groups excluding carboxylic acids is 1. The second kappa shape index (κ2) is 8.47. The van der Waals surface area contributed by atoms with E-state index in [9.17, 15) is 4.79 Å². The zero-order valence-electron chi connectivity index (χ0n) is 14.2. The van der Waals surface area contributed by atoms with Gasteiger partial charge in [-0.15, -0.1) is 0 Å². The fourth-order valence-corrected chi connectivity index (χ4v) is 1.75. The molecule has 4 heteroatoms. The van der Waals surface area contributed by atoms with Crippen molar-refractivity contribution in [2.45, 2.75) is 46.1 Å². The van der Waals surface area contributed by atoms with Gasteiger partial charge in [-0.3, -0.25) is 4.79 Å². The number of amides is 1. The van der Waals surface area contributed by atoms with E-state index >= 15 is 0 Å². The van der Waals surface area contributed by atoms with Gasteiger partial charge in [0.1, 0.15) is 0 Å². The Hall–Kier alpha value is -1.97. The molecule has 0 aliphatic carbocycles. The predicted molar refractivity (Wildman–Crippen MR) is 90.3 cm³/mol. The molecule has 0 heterocycles. The van der Waals surface area contributed by atoms with Gasteiger partial charge in [0.25, 0.3) is 0 Å². The molecule has 22 heavy (non-hydrogen) atoms. The third-order valence-corrected chi connectivity index (χ3v) is 3.42. The lowest BCUT2D eigenvalue weighted by Gasteiger charge is -2.23. The van der Waals surface area contributed by atoms with Crippen molar-refractivity contribution in [2.24, 2.45) is 0 Å². The molecule has 0 saturated carbocycles. The lowest BCUT2D eigenvalue weighted by molar-refractivity contribution is -0.117. The van der Waals surface area contributed by atoms with Crippen LogP contribution in [-0.4, -0.2) is 25.2 Å². The monoisotopic (exact) mass is 305 g/mol. The first kappa shape index (κ1) is 18.1. The molecule has 0 unspecified atom stereocenters. The second-order valence-electron chi connectivity index (χ2n) is 5.82. The SMILES string of the molecule is CCCOc1ccc(/C=C/C(=O)NC(C)(C)CC)cc1OC. The molecule has 0 fully saturated rings. The number of methoxy groups -OCH3 is 1. The molecular formula is C18H27NO3. The van der Waals surface area contributed by atoms with E-state index in [0.717, 1.165) is 24.2 Å². The van der Waals surface area contributed by atoms with Crippen LogP contribution >= 0.6 is 0 Å². The summed E-state index contributed by atoms with van der Waals surface area (Å²) in [6.45, 7) is 8.76. The summed E-state index contributed by atoms with van der Waals surface area (Å²) in [7, 11) is 1.61. The van der Waals surface area contributed by atoms with Crippen molar-refractivity contribution >= 4 is 12.0 Å². The van der Waals surface area contributed by atoms with Crippen LogP contribution in [0.5, 0.6) is 11.5 Å². The van der Waals surface area contributed by atoms with Gasteiger partial charge < -0.3 is 14.8 Å². The first-order valence-electron chi connectivity index (χ1n) is 7.73. The topological polar surface area (TPSA) is 47.6 Å². The average Bonchev–Trinajstić information content (AvgIpc) is 2.50. The van der Waals surface area contributed by atoms with Crippen molar-refractivity contribution in [3.8, 4) is 11.5 Å². The molecule has 0 atom stereocenters. The third kappa shape index (κ3) is 5.80. The van der Waals surface area contributed by atoms with Crippen LogP contribution in [0.3, 0.4) is 0 Å². The van der Waals surface area contributed by atoms with E-state index in [1.54, 1.807) is 19.3 Å². The molecule has 0 aliphatic heterocycles. The van der Waals surface area contributed by atoms with Gasteiger partial charge in [-0.1, -0.05) is 19.9 Å². The fourth-order valence-electron chi connectivity index (χ4n) is 1.75. The van der Waals surface area contributed by atoms with E-state index in [-0.39, 0.29) is 11.4 Å². The first-order valence-corrected chi connectivity index (χ1v) is 7.73. The Morgan fingerprint density at radius 2 is 2.00 bits per heavy atom. The zero-order chi connectivity index (χ0) is 16.6. The van der Waals surface area contributed by atoms with Gasteiger partial charge in [0, 0.05) is 11.6 Å². The summed E-state index contributed by atoms with van der Waals surface area (Å²) in [5, 5.41) is 2.96.